The van der Waals surface area contributed by atoms with Crippen molar-refractivity contribution in [3.05, 3.63) is 362 Å². The molecule has 1 spiro atoms. The molecule has 0 atom stereocenters. The zero-order chi connectivity index (χ0) is 76.7. The van der Waals surface area contributed by atoms with Crippen LogP contribution in [0.4, 0.5) is 22.7 Å². The predicted molar refractivity (Wildman–Crippen MR) is 495 cm³/mol. The number of anilines is 4. The fourth-order valence-electron chi connectivity index (χ4n) is 21.8. The van der Waals surface area contributed by atoms with E-state index in [4.69, 9.17) is 0 Å². The highest BCUT2D eigenvalue weighted by Gasteiger charge is 2.47. The quantitative estimate of drug-likeness (QED) is 0.121. The molecule has 18 aromatic rings. The Morgan fingerprint density at radius 2 is 0.553 bits per heavy atom. The Morgan fingerprint density at radius 3 is 1.04 bits per heavy atom. The number of para-hydroxylation sites is 2. The lowest BCUT2D eigenvalue weighted by molar-refractivity contribution is 0.660. The van der Waals surface area contributed by atoms with Crippen molar-refractivity contribution in [1.29, 1.82) is 0 Å². The molecule has 2 aliphatic carbocycles. The first-order valence-electron chi connectivity index (χ1n) is 41.0. The fourth-order valence-corrected chi connectivity index (χ4v) is 30.5. The first-order chi connectivity index (χ1) is 55.6. The summed E-state index contributed by atoms with van der Waals surface area (Å²) in [5, 5.41) is 21.6. The largest absolute Gasteiger partial charge is 0.345 e. The van der Waals surface area contributed by atoms with E-state index in [-0.39, 0.29) is 10.8 Å². The number of hydrogen-bond acceptors (Lipinski definition) is 2. The molecule has 2 nitrogen and oxygen atoms in total. The van der Waals surface area contributed by atoms with Gasteiger partial charge in [0.1, 0.15) is 16.1 Å². The molecule has 1 fully saturated rings. The van der Waals surface area contributed by atoms with Crippen LogP contribution in [0.5, 0.6) is 0 Å². The van der Waals surface area contributed by atoms with E-state index in [2.05, 4.69) is 404 Å². The van der Waals surface area contributed by atoms with Crippen LogP contribution in [0.2, 0.25) is 25.2 Å². The van der Waals surface area contributed by atoms with Gasteiger partial charge in [-0.05, 0) is 269 Å². The van der Waals surface area contributed by atoms with E-state index in [9.17, 15) is 0 Å². The zero-order valence-corrected chi connectivity index (χ0v) is 68.1. The van der Waals surface area contributed by atoms with Gasteiger partial charge in [0.2, 0.25) is 0 Å². The van der Waals surface area contributed by atoms with Gasteiger partial charge in [-0.1, -0.05) is 333 Å². The summed E-state index contributed by atoms with van der Waals surface area (Å²) in [6.45, 7) is 14.6. The molecule has 3 aliphatic heterocycles. The van der Waals surface area contributed by atoms with Gasteiger partial charge in [0.15, 0.2) is 0 Å². The molecule has 0 amide bonds. The van der Waals surface area contributed by atoms with Crippen molar-refractivity contribution in [2.24, 2.45) is 0 Å². The maximum absolute atomic E-state index is 2.55. The molecule has 18 aromatic carbocycles. The van der Waals surface area contributed by atoms with Crippen molar-refractivity contribution in [2.45, 2.75) is 76.5 Å². The van der Waals surface area contributed by atoms with Crippen molar-refractivity contribution >= 4 is 124 Å². The monoisotopic (exact) mass is 1490 g/mol. The Balaban J connectivity index is 0.000000139. The van der Waals surface area contributed by atoms with Crippen molar-refractivity contribution in [1.82, 2.24) is 0 Å². The Morgan fingerprint density at radius 1 is 0.237 bits per heavy atom. The molecule has 0 N–H and O–H groups in total. The van der Waals surface area contributed by atoms with E-state index >= 15 is 0 Å². The average molecular weight is 1490 g/mol. The molecular weight excluding hydrogens is 1410 g/mol. The Labute approximate surface area is 671 Å². The minimum absolute atomic E-state index is 0.0858. The Hall–Kier alpha value is -12.4. The third kappa shape index (κ3) is 10.2. The average Bonchev–Trinajstić information content (AvgIpc) is 0.913. The molecule has 0 radical (unpaired) electrons. The van der Waals surface area contributed by atoms with Crippen LogP contribution in [0, 0.1) is 0 Å². The topological polar surface area (TPSA) is 6.48 Å². The third-order valence-corrected chi connectivity index (χ3v) is 36.5. The number of fused-ring (bicyclic) bond motifs is 18. The van der Waals surface area contributed by atoms with Crippen LogP contribution in [0.1, 0.15) is 62.8 Å². The predicted octanol–water partition coefficient (Wildman–Crippen LogP) is 27.2. The van der Waals surface area contributed by atoms with Gasteiger partial charge in [0.25, 0.3) is 0 Å². The van der Waals surface area contributed by atoms with E-state index in [1.165, 1.54) is 234 Å². The van der Waals surface area contributed by atoms with E-state index in [0.29, 0.717) is 0 Å². The van der Waals surface area contributed by atoms with E-state index in [1.54, 1.807) is 10.4 Å². The van der Waals surface area contributed by atoms with Crippen LogP contribution in [0.25, 0.3) is 154 Å². The first-order valence-corrected chi connectivity index (χ1v) is 46.4. The number of rotatable bonds is 6. The molecule has 1 saturated heterocycles. The first kappa shape index (κ1) is 68.4. The molecule has 114 heavy (non-hydrogen) atoms. The van der Waals surface area contributed by atoms with Gasteiger partial charge in [-0.25, -0.2) is 0 Å². The van der Waals surface area contributed by atoms with Crippen molar-refractivity contribution in [3.63, 3.8) is 0 Å². The molecule has 546 valence electrons. The number of hydrogen-bond donors (Lipinski definition) is 0. The van der Waals surface area contributed by atoms with E-state index < -0.39 is 16.1 Å². The van der Waals surface area contributed by atoms with Crippen LogP contribution < -0.4 is 30.5 Å². The molecule has 23 rings (SSSR count). The minimum atomic E-state index is -1.91. The molecule has 0 aromatic heterocycles. The SMILES string of the molecule is CN1c2ccccc2[Si](C)(C)c2ccc(-c3c4ccccc4c(-c4ccc5c(c4)C(C)(C)c4ccccc4-5)c4cc(-c5ccc6ccccc6c5)ccc34)cc21.CN1c2ccccc2[Si]2(CCCC2)c2ccc(-c3c4ccccc4c(-c4ccc5c(c4)C(C)(C)c4ccccc4-5)c4cc(-c5ccc6ccccc6c5)ccc34)cc21. The van der Waals surface area contributed by atoms with Crippen molar-refractivity contribution < 1.29 is 0 Å². The van der Waals surface area contributed by atoms with Crippen LogP contribution in [-0.2, 0) is 10.8 Å². The summed E-state index contributed by atoms with van der Waals surface area (Å²) in [4.78, 5) is 4.92. The molecule has 5 aliphatic rings. The molecule has 3 heterocycles. The summed E-state index contributed by atoms with van der Waals surface area (Å²) in [7, 11) is 0.791. The normalized spacial score (nSPS) is 15.3. The fraction of sp³-hybridized carbons (Fsp3) is 0.127. The highest BCUT2D eigenvalue weighted by atomic mass is 28.3. The van der Waals surface area contributed by atoms with Crippen molar-refractivity contribution in [2.75, 3.05) is 23.9 Å². The second-order valence-corrected chi connectivity index (χ2v) is 43.2. The summed E-state index contributed by atoms with van der Waals surface area (Å²) in [6, 6.07) is 132. The van der Waals surface area contributed by atoms with Gasteiger partial charge in [-0.15, -0.1) is 0 Å². The lowest BCUT2D eigenvalue weighted by Crippen LogP contribution is -2.61. The number of benzene rings is 18. The van der Waals surface area contributed by atoms with Crippen LogP contribution in [0.3, 0.4) is 0 Å². The summed E-state index contributed by atoms with van der Waals surface area (Å²) >= 11 is 0. The van der Waals surface area contributed by atoms with Gasteiger partial charge in [0, 0.05) is 47.7 Å². The van der Waals surface area contributed by atoms with Gasteiger partial charge in [0.05, 0.1) is 0 Å². The lowest BCUT2D eigenvalue weighted by atomic mass is 9.80. The van der Waals surface area contributed by atoms with E-state index in [0.717, 1.165) is 0 Å². The van der Waals surface area contributed by atoms with Crippen LogP contribution >= 0.6 is 0 Å². The maximum Gasteiger partial charge on any atom is 0.123 e. The van der Waals surface area contributed by atoms with E-state index in [1.807, 2.05) is 0 Å². The van der Waals surface area contributed by atoms with Gasteiger partial charge >= 0.3 is 0 Å². The summed E-state index contributed by atoms with van der Waals surface area (Å²) in [6.07, 6.45) is 2.68. The zero-order valence-electron chi connectivity index (χ0n) is 66.1. The molecular formula is C110H88N2Si2. The summed E-state index contributed by atoms with van der Waals surface area (Å²) in [5.41, 5.74) is 31.6. The third-order valence-electron chi connectivity index (χ3n) is 27.6. The molecule has 0 bridgehead atoms. The van der Waals surface area contributed by atoms with Crippen LogP contribution in [0.15, 0.2) is 340 Å². The van der Waals surface area contributed by atoms with Crippen molar-refractivity contribution in [3.8, 4) is 89.0 Å². The summed E-state index contributed by atoms with van der Waals surface area (Å²) in [5.74, 6) is 0. The highest BCUT2D eigenvalue weighted by Crippen LogP contribution is 2.55. The van der Waals surface area contributed by atoms with Gasteiger partial charge in [-0.2, -0.15) is 0 Å². The minimum Gasteiger partial charge on any atom is -0.345 e. The molecule has 0 unspecified atom stereocenters. The highest BCUT2D eigenvalue weighted by molar-refractivity contribution is 7.05. The second-order valence-electron chi connectivity index (χ2n) is 34.6. The van der Waals surface area contributed by atoms with Crippen LogP contribution in [-0.4, -0.2) is 30.2 Å². The maximum atomic E-state index is 2.55. The number of nitrogens with zero attached hydrogens (tertiary/aromatic N) is 2. The molecule has 4 heteroatoms. The lowest BCUT2D eigenvalue weighted by Gasteiger charge is -2.41. The van der Waals surface area contributed by atoms with Gasteiger partial charge < -0.3 is 9.80 Å². The Kier molecular flexibility index (Phi) is 15.3. The Bertz CT molecular complexity index is 7150. The summed E-state index contributed by atoms with van der Waals surface area (Å²) < 4.78 is 0. The smallest absolute Gasteiger partial charge is 0.123 e. The molecule has 0 saturated carbocycles. The second kappa shape index (κ2) is 25.5. The van der Waals surface area contributed by atoms with Gasteiger partial charge in [-0.3, -0.25) is 0 Å². The standard InChI is InChI=1S/C56H45NSi.C54H43NSi/c1-56(2)48-19-9-8-16-42(48)43-27-25-40(34-49(43)56)55-45-18-7-6-17-44(45)54(46-28-24-39(33-47(46)55)38-23-22-36-14-4-5-15-37(36)32-38)41-26-29-53-51(35-41)57(3)50-20-10-11-21-52(50)58(53)30-12-13-31-58;1-54(2)46-19-11-10-16-40(46)41-27-25-38(32-47(41)54)53-43-18-9-8-17-42(43)52(39-26-29-51-49(33-39)55(3)48-20-12-13-21-50(48)56(51,4)5)44-28-24-37(31-45(44)53)36-23-22-34-14-6-7-15-35(34)30-36/h4-11,14-29,32-35H,12-13,30-31H2,1-3H3;6-33H,1-5H3.